The molecule has 0 saturated carbocycles. The summed E-state index contributed by atoms with van der Waals surface area (Å²) in [6.45, 7) is 4.78. The summed E-state index contributed by atoms with van der Waals surface area (Å²) < 4.78 is 8.93. The number of rotatable bonds is 3. The number of aryl methyl sites for hydroxylation is 1. The molecule has 1 aromatic heterocycles. The van der Waals surface area contributed by atoms with E-state index in [1.807, 2.05) is 0 Å². The molecule has 1 aromatic carbocycles. The molecule has 0 radical (unpaired) electrons. The van der Waals surface area contributed by atoms with Crippen molar-refractivity contribution in [2.24, 2.45) is 7.05 Å². The fraction of sp³-hybridized carbons (Fsp3) is 0.385. The molecule has 0 spiro atoms. The molecular formula is C13H16BrNO. The lowest BCUT2D eigenvalue weighted by molar-refractivity contribution is 0.0624. The SMILES string of the molecule is CC(C)OCc1cc2ccc(Br)cc2n1C. The molecule has 1 heterocycles. The van der Waals surface area contributed by atoms with Crippen molar-refractivity contribution in [2.75, 3.05) is 0 Å². The van der Waals surface area contributed by atoms with Crippen LogP contribution in [0.25, 0.3) is 10.9 Å². The summed E-state index contributed by atoms with van der Waals surface area (Å²) in [5.41, 5.74) is 2.44. The van der Waals surface area contributed by atoms with Gasteiger partial charge in [0.05, 0.1) is 12.7 Å². The maximum Gasteiger partial charge on any atom is 0.0871 e. The van der Waals surface area contributed by atoms with Gasteiger partial charge in [-0.2, -0.15) is 0 Å². The van der Waals surface area contributed by atoms with Gasteiger partial charge in [-0.15, -0.1) is 0 Å². The highest BCUT2D eigenvalue weighted by atomic mass is 79.9. The molecule has 0 aliphatic rings. The summed E-state index contributed by atoms with van der Waals surface area (Å²) >= 11 is 3.49. The van der Waals surface area contributed by atoms with Gasteiger partial charge in [-0.3, -0.25) is 0 Å². The first-order valence-electron chi connectivity index (χ1n) is 5.43. The zero-order valence-corrected chi connectivity index (χ0v) is 11.4. The number of halogens is 1. The molecule has 0 bridgehead atoms. The van der Waals surface area contributed by atoms with Crippen LogP contribution in [0.3, 0.4) is 0 Å². The standard InChI is InChI=1S/C13H16BrNO/c1-9(2)16-8-12-6-10-4-5-11(14)7-13(10)15(12)3/h4-7,9H,8H2,1-3H3. The Hall–Kier alpha value is -0.800. The van der Waals surface area contributed by atoms with E-state index in [-0.39, 0.29) is 6.10 Å². The third-order valence-corrected chi connectivity index (χ3v) is 3.16. The van der Waals surface area contributed by atoms with E-state index in [0.29, 0.717) is 6.61 Å². The van der Waals surface area contributed by atoms with Gasteiger partial charge < -0.3 is 9.30 Å². The molecule has 2 nitrogen and oxygen atoms in total. The van der Waals surface area contributed by atoms with E-state index < -0.39 is 0 Å². The van der Waals surface area contributed by atoms with Gasteiger partial charge in [0.2, 0.25) is 0 Å². The molecule has 0 atom stereocenters. The van der Waals surface area contributed by atoms with Crippen molar-refractivity contribution in [2.45, 2.75) is 26.6 Å². The van der Waals surface area contributed by atoms with Crippen molar-refractivity contribution in [3.05, 3.63) is 34.4 Å². The average Bonchev–Trinajstić information content (AvgIpc) is 2.53. The van der Waals surface area contributed by atoms with E-state index in [9.17, 15) is 0 Å². The number of ether oxygens (including phenoxy) is 1. The summed E-state index contributed by atoms with van der Waals surface area (Å²) in [7, 11) is 2.08. The van der Waals surface area contributed by atoms with E-state index in [1.165, 1.54) is 16.6 Å². The molecule has 0 amide bonds. The fourth-order valence-electron chi connectivity index (χ4n) is 1.75. The first-order chi connectivity index (χ1) is 7.58. The third kappa shape index (κ3) is 2.30. The third-order valence-electron chi connectivity index (χ3n) is 2.67. The first-order valence-corrected chi connectivity index (χ1v) is 6.22. The lowest BCUT2D eigenvalue weighted by Crippen LogP contribution is -2.05. The Morgan fingerprint density at radius 2 is 2.06 bits per heavy atom. The summed E-state index contributed by atoms with van der Waals surface area (Å²) in [5, 5.41) is 1.26. The average molecular weight is 282 g/mol. The van der Waals surface area contributed by atoms with Crippen LogP contribution in [0, 0.1) is 0 Å². The zero-order chi connectivity index (χ0) is 11.7. The van der Waals surface area contributed by atoms with Crippen LogP contribution in [0.5, 0.6) is 0 Å². The van der Waals surface area contributed by atoms with Crippen molar-refractivity contribution in [3.63, 3.8) is 0 Å². The Balaban J connectivity index is 2.36. The van der Waals surface area contributed by atoms with Crippen LogP contribution in [0.2, 0.25) is 0 Å². The minimum atomic E-state index is 0.268. The van der Waals surface area contributed by atoms with Gasteiger partial charge in [-0.25, -0.2) is 0 Å². The molecule has 0 N–H and O–H groups in total. The molecular weight excluding hydrogens is 266 g/mol. The summed E-state index contributed by atoms with van der Waals surface area (Å²) in [6, 6.07) is 8.51. The Morgan fingerprint density at radius 3 is 2.75 bits per heavy atom. The molecule has 0 aliphatic carbocycles. The van der Waals surface area contributed by atoms with Crippen molar-refractivity contribution in [1.29, 1.82) is 0 Å². The van der Waals surface area contributed by atoms with Gasteiger partial charge >= 0.3 is 0 Å². The van der Waals surface area contributed by atoms with E-state index in [1.54, 1.807) is 0 Å². The lowest BCUT2D eigenvalue weighted by Gasteiger charge is -2.08. The molecule has 2 aromatic rings. The van der Waals surface area contributed by atoms with Crippen LogP contribution in [-0.4, -0.2) is 10.7 Å². The van der Waals surface area contributed by atoms with Crippen LogP contribution in [0.4, 0.5) is 0 Å². The van der Waals surface area contributed by atoms with Crippen molar-refractivity contribution in [3.8, 4) is 0 Å². The molecule has 86 valence electrons. The lowest BCUT2D eigenvalue weighted by atomic mass is 10.2. The van der Waals surface area contributed by atoms with Crippen LogP contribution < -0.4 is 0 Å². The second-order valence-electron chi connectivity index (χ2n) is 4.26. The maximum absolute atomic E-state index is 5.64. The van der Waals surface area contributed by atoms with E-state index in [2.05, 4.69) is 65.7 Å². The topological polar surface area (TPSA) is 14.2 Å². The van der Waals surface area contributed by atoms with Crippen molar-refractivity contribution < 1.29 is 4.74 Å². The van der Waals surface area contributed by atoms with Gasteiger partial charge in [-0.05, 0) is 32.0 Å². The van der Waals surface area contributed by atoms with Gasteiger partial charge in [0.1, 0.15) is 0 Å². The molecule has 0 unspecified atom stereocenters. The van der Waals surface area contributed by atoms with Gasteiger partial charge in [0, 0.05) is 28.1 Å². The number of hydrogen-bond donors (Lipinski definition) is 0. The van der Waals surface area contributed by atoms with Gasteiger partial charge in [0.15, 0.2) is 0 Å². The molecule has 16 heavy (non-hydrogen) atoms. The highest BCUT2D eigenvalue weighted by molar-refractivity contribution is 9.10. The van der Waals surface area contributed by atoms with Crippen LogP contribution in [-0.2, 0) is 18.4 Å². The number of benzene rings is 1. The van der Waals surface area contributed by atoms with E-state index in [0.717, 1.165) is 4.47 Å². The number of hydrogen-bond acceptors (Lipinski definition) is 1. The van der Waals surface area contributed by atoms with E-state index >= 15 is 0 Å². The van der Waals surface area contributed by atoms with Crippen molar-refractivity contribution in [1.82, 2.24) is 4.57 Å². The van der Waals surface area contributed by atoms with Crippen molar-refractivity contribution >= 4 is 26.8 Å². The second-order valence-corrected chi connectivity index (χ2v) is 5.17. The predicted octanol–water partition coefficient (Wildman–Crippen LogP) is 3.87. The largest absolute Gasteiger partial charge is 0.373 e. The minimum Gasteiger partial charge on any atom is -0.373 e. The Labute approximate surface area is 104 Å². The highest BCUT2D eigenvalue weighted by Crippen LogP contribution is 2.23. The molecule has 2 rings (SSSR count). The number of nitrogens with zero attached hydrogens (tertiary/aromatic N) is 1. The minimum absolute atomic E-state index is 0.268. The van der Waals surface area contributed by atoms with Crippen LogP contribution in [0.1, 0.15) is 19.5 Å². The molecule has 0 saturated heterocycles. The smallest absolute Gasteiger partial charge is 0.0871 e. The molecule has 0 aliphatic heterocycles. The number of aromatic nitrogens is 1. The summed E-state index contributed by atoms with van der Waals surface area (Å²) in [6.07, 6.45) is 0.268. The maximum atomic E-state index is 5.64. The van der Waals surface area contributed by atoms with Gasteiger partial charge in [0.25, 0.3) is 0 Å². The van der Waals surface area contributed by atoms with E-state index in [4.69, 9.17) is 4.74 Å². The zero-order valence-electron chi connectivity index (χ0n) is 9.83. The number of fused-ring (bicyclic) bond motifs is 1. The van der Waals surface area contributed by atoms with Crippen LogP contribution in [0.15, 0.2) is 28.7 Å². The quantitative estimate of drug-likeness (QED) is 0.833. The normalized spacial score (nSPS) is 11.6. The molecule has 3 heteroatoms. The Morgan fingerprint density at radius 1 is 1.31 bits per heavy atom. The monoisotopic (exact) mass is 281 g/mol. The predicted molar refractivity (Wildman–Crippen MR) is 70.5 cm³/mol. The Bertz CT molecular complexity index is 502. The Kier molecular flexibility index (Phi) is 3.36. The summed E-state index contributed by atoms with van der Waals surface area (Å²) in [4.78, 5) is 0. The van der Waals surface area contributed by atoms with Gasteiger partial charge in [-0.1, -0.05) is 22.0 Å². The summed E-state index contributed by atoms with van der Waals surface area (Å²) in [5.74, 6) is 0. The molecule has 0 fully saturated rings. The highest BCUT2D eigenvalue weighted by Gasteiger charge is 2.06. The van der Waals surface area contributed by atoms with Crippen LogP contribution >= 0.6 is 15.9 Å². The fourth-order valence-corrected chi connectivity index (χ4v) is 2.10. The first kappa shape index (κ1) is 11.7. The second kappa shape index (κ2) is 4.60.